The van der Waals surface area contributed by atoms with Crippen LogP contribution in [-0.4, -0.2) is 40.5 Å². The van der Waals surface area contributed by atoms with E-state index in [1.807, 2.05) is 49.5 Å². The van der Waals surface area contributed by atoms with Gasteiger partial charge in [-0.15, -0.1) is 5.10 Å². The molecule has 0 saturated carbocycles. The van der Waals surface area contributed by atoms with E-state index in [0.29, 0.717) is 46.9 Å². The zero-order chi connectivity index (χ0) is 29.3. The molecule has 1 N–H and O–H groups in total. The van der Waals surface area contributed by atoms with Crippen molar-refractivity contribution in [2.24, 2.45) is 5.41 Å². The number of hydrogen-bond acceptors (Lipinski definition) is 8. The third-order valence-corrected chi connectivity index (χ3v) is 7.79. The monoisotopic (exact) mass is 620 g/mol. The van der Waals surface area contributed by atoms with Crippen LogP contribution in [0.1, 0.15) is 57.7 Å². The molecule has 0 saturated heterocycles. The van der Waals surface area contributed by atoms with Crippen LogP contribution in [0.5, 0.6) is 11.5 Å². The molecule has 10 heteroatoms. The van der Waals surface area contributed by atoms with Gasteiger partial charge in [-0.3, -0.25) is 4.79 Å². The molecule has 41 heavy (non-hydrogen) atoms. The molecule has 0 fully saturated rings. The normalized spacial score (nSPS) is 18.1. The molecule has 0 bridgehead atoms. The summed E-state index contributed by atoms with van der Waals surface area (Å²) in [6.07, 6.45) is 2.91. The van der Waals surface area contributed by atoms with Crippen molar-refractivity contribution >= 4 is 27.7 Å². The molecule has 1 aromatic heterocycles. The minimum absolute atomic E-state index is 0.0243. The van der Waals surface area contributed by atoms with Crippen molar-refractivity contribution in [3.05, 3.63) is 86.9 Å². The number of dihydropyridines is 1. The SMILES string of the molecule is CCOC(=O)C1=C(C)NC2=C(C(=O)CC(C)(C)C2)C1c1ccc(OCc2cn(-c3ccc(Br)cc3)nn2)c(OC)c1. The lowest BCUT2D eigenvalue weighted by molar-refractivity contribution is -0.138. The lowest BCUT2D eigenvalue weighted by Crippen LogP contribution is -2.38. The molecular formula is C31H33BrN4O5. The van der Waals surface area contributed by atoms with E-state index < -0.39 is 11.9 Å². The summed E-state index contributed by atoms with van der Waals surface area (Å²) in [5, 5.41) is 11.8. The van der Waals surface area contributed by atoms with Gasteiger partial charge in [-0.2, -0.15) is 0 Å². The minimum Gasteiger partial charge on any atom is -0.493 e. The zero-order valence-electron chi connectivity index (χ0n) is 23.8. The second kappa shape index (κ2) is 11.5. The number of nitrogens with one attached hydrogen (secondary N) is 1. The van der Waals surface area contributed by atoms with Crippen LogP contribution in [0.3, 0.4) is 0 Å². The van der Waals surface area contributed by atoms with Crippen LogP contribution in [0.25, 0.3) is 5.69 Å². The number of benzene rings is 2. The molecule has 1 aliphatic heterocycles. The van der Waals surface area contributed by atoms with Gasteiger partial charge in [-0.25, -0.2) is 9.48 Å². The first kappa shape index (κ1) is 28.6. The molecule has 1 atom stereocenters. The Balaban J connectivity index is 1.44. The lowest BCUT2D eigenvalue weighted by Gasteiger charge is -2.39. The van der Waals surface area contributed by atoms with E-state index in [1.165, 1.54) is 0 Å². The highest BCUT2D eigenvalue weighted by Crippen LogP contribution is 2.48. The van der Waals surface area contributed by atoms with Crippen molar-refractivity contribution in [3.63, 3.8) is 0 Å². The highest BCUT2D eigenvalue weighted by atomic mass is 79.9. The number of nitrogens with zero attached hydrogens (tertiary/aromatic N) is 3. The number of ether oxygens (including phenoxy) is 3. The molecular weight excluding hydrogens is 588 g/mol. The third-order valence-electron chi connectivity index (χ3n) is 7.26. The number of carbonyl (C=O) groups excluding carboxylic acids is 2. The predicted molar refractivity (Wildman–Crippen MR) is 157 cm³/mol. The van der Waals surface area contributed by atoms with E-state index >= 15 is 0 Å². The molecule has 3 aromatic rings. The summed E-state index contributed by atoms with van der Waals surface area (Å²) in [6, 6.07) is 13.2. The Labute approximate surface area is 247 Å². The van der Waals surface area contributed by atoms with E-state index in [2.05, 4.69) is 45.4 Å². The van der Waals surface area contributed by atoms with Gasteiger partial charge in [0.15, 0.2) is 17.3 Å². The summed E-state index contributed by atoms with van der Waals surface area (Å²) in [6.45, 7) is 8.19. The van der Waals surface area contributed by atoms with Crippen molar-refractivity contribution in [3.8, 4) is 17.2 Å². The topological polar surface area (TPSA) is 105 Å². The Kier molecular flexibility index (Phi) is 8.04. The molecule has 0 radical (unpaired) electrons. The summed E-state index contributed by atoms with van der Waals surface area (Å²) in [7, 11) is 1.56. The minimum atomic E-state index is -0.581. The first-order valence-corrected chi connectivity index (χ1v) is 14.3. The first-order valence-electron chi connectivity index (χ1n) is 13.5. The van der Waals surface area contributed by atoms with Gasteiger partial charge in [0, 0.05) is 33.8 Å². The van der Waals surface area contributed by atoms with Crippen LogP contribution < -0.4 is 14.8 Å². The van der Waals surface area contributed by atoms with Crippen LogP contribution in [0.2, 0.25) is 0 Å². The molecule has 1 unspecified atom stereocenters. The Bertz CT molecular complexity index is 1550. The van der Waals surface area contributed by atoms with Gasteiger partial charge < -0.3 is 19.5 Å². The molecule has 214 valence electrons. The van der Waals surface area contributed by atoms with Gasteiger partial charge in [0.25, 0.3) is 0 Å². The maximum atomic E-state index is 13.5. The predicted octanol–water partition coefficient (Wildman–Crippen LogP) is 5.78. The number of esters is 1. The van der Waals surface area contributed by atoms with Crippen molar-refractivity contribution < 1.29 is 23.8 Å². The van der Waals surface area contributed by atoms with E-state index in [9.17, 15) is 9.59 Å². The summed E-state index contributed by atoms with van der Waals surface area (Å²) in [4.78, 5) is 26.7. The Morgan fingerprint density at radius 2 is 1.90 bits per heavy atom. The molecule has 2 heterocycles. The summed E-state index contributed by atoms with van der Waals surface area (Å²) < 4.78 is 19.9. The Hall–Kier alpha value is -3.92. The lowest BCUT2D eigenvalue weighted by atomic mass is 9.68. The average molecular weight is 622 g/mol. The van der Waals surface area contributed by atoms with Crippen molar-refractivity contribution in [2.45, 2.75) is 53.1 Å². The van der Waals surface area contributed by atoms with Gasteiger partial charge in [0.1, 0.15) is 12.3 Å². The van der Waals surface area contributed by atoms with E-state index in [4.69, 9.17) is 14.2 Å². The van der Waals surface area contributed by atoms with Crippen LogP contribution in [-0.2, 0) is 20.9 Å². The van der Waals surface area contributed by atoms with Crippen molar-refractivity contribution in [1.29, 1.82) is 0 Å². The highest BCUT2D eigenvalue weighted by molar-refractivity contribution is 9.10. The van der Waals surface area contributed by atoms with Crippen LogP contribution >= 0.6 is 15.9 Å². The standard InChI is InChI=1S/C31H33BrN4O5/c1-6-40-30(38)27-18(2)33-23-14-31(3,4)15-24(37)29(23)28(27)19-7-12-25(26(13-19)39-5)41-17-21-16-36(35-34-21)22-10-8-20(32)9-11-22/h7-13,16,28,33H,6,14-15,17H2,1-5H3. The zero-order valence-corrected chi connectivity index (χ0v) is 25.4. The number of rotatable bonds is 8. The number of ketones is 1. The van der Waals surface area contributed by atoms with E-state index in [-0.39, 0.29) is 24.4 Å². The molecule has 2 aromatic carbocycles. The first-order chi connectivity index (χ1) is 19.6. The van der Waals surface area contributed by atoms with Crippen LogP contribution in [0, 0.1) is 5.41 Å². The van der Waals surface area contributed by atoms with E-state index in [0.717, 1.165) is 21.4 Å². The fourth-order valence-corrected chi connectivity index (χ4v) is 5.73. The quantitative estimate of drug-likeness (QED) is 0.316. The van der Waals surface area contributed by atoms with Crippen molar-refractivity contribution in [1.82, 2.24) is 20.3 Å². The fourth-order valence-electron chi connectivity index (χ4n) is 5.47. The number of allylic oxidation sites excluding steroid dienone is 3. The Morgan fingerprint density at radius 1 is 1.15 bits per heavy atom. The summed E-state index contributed by atoms with van der Waals surface area (Å²) in [5.41, 5.74) is 4.68. The largest absolute Gasteiger partial charge is 0.493 e. The Morgan fingerprint density at radius 3 is 2.61 bits per heavy atom. The number of halogens is 1. The molecule has 9 nitrogen and oxygen atoms in total. The maximum absolute atomic E-state index is 13.5. The summed E-state index contributed by atoms with van der Waals surface area (Å²) >= 11 is 3.44. The van der Waals surface area contributed by atoms with E-state index in [1.54, 1.807) is 24.8 Å². The molecule has 2 aliphatic rings. The van der Waals surface area contributed by atoms with Crippen molar-refractivity contribution in [2.75, 3.05) is 13.7 Å². The number of carbonyl (C=O) groups is 2. The van der Waals surface area contributed by atoms with Gasteiger partial charge in [-0.1, -0.05) is 41.1 Å². The van der Waals surface area contributed by atoms with Gasteiger partial charge in [-0.05, 0) is 67.6 Å². The van der Waals surface area contributed by atoms with Gasteiger partial charge in [0.05, 0.1) is 31.2 Å². The molecule has 1 aliphatic carbocycles. The smallest absolute Gasteiger partial charge is 0.336 e. The highest BCUT2D eigenvalue weighted by Gasteiger charge is 2.43. The molecule has 0 spiro atoms. The number of aromatic nitrogens is 3. The van der Waals surface area contributed by atoms with Gasteiger partial charge in [0.2, 0.25) is 0 Å². The van der Waals surface area contributed by atoms with Crippen LogP contribution in [0.4, 0.5) is 0 Å². The fraction of sp³-hybridized carbons (Fsp3) is 0.355. The number of Topliss-reactive ketones (excluding diaryl/α,β-unsaturated/α-hetero) is 1. The molecule has 5 rings (SSSR count). The maximum Gasteiger partial charge on any atom is 0.336 e. The second-order valence-electron chi connectivity index (χ2n) is 11.0. The van der Waals surface area contributed by atoms with Gasteiger partial charge >= 0.3 is 5.97 Å². The third kappa shape index (κ3) is 5.93. The average Bonchev–Trinajstić information content (AvgIpc) is 3.40. The number of hydrogen-bond donors (Lipinski definition) is 1. The number of methoxy groups -OCH3 is 1. The van der Waals surface area contributed by atoms with Crippen LogP contribution in [0.15, 0.2) is 75.7 Å². The molecule has 0 amide bonds. The second-order valence-corrected chi connectivity index (χ2v) is 11.9. The summed E-state index contributed by atoms with van der Waals surface area (Å²) in [5.74, 6) is -0.0151.